The molecule has 0 spiro atoms. The zero-order chi connectivity index (χ0) is 17.0. The summed E-state index contributed by atoms with van der Waals surface area (Å²) in [6.07, 6.45) is 3.20. The lowest BCUT2D eigenvalue weighted by Gasteiger charge is -2.31. The molecule has 24 heavy (non-hydrogen) atoms. The number of carbonyl (C=O) groups excluding carboxylic acids is 1. The molecule has 0 saturated heterocycles. The first-order valence-corrected chi connectivity index (χ1v) is 8.58. The molecule has 7 heteroatoms. The topological polar surface area (TPSA) is 72.9 Å². The molecule has 5 nitrogen and oxygen atoms in total. The lowest BCUT2D eigenvalue weighted by Crippen LogP contribution is -2.52. The van der Waals surface area contributed by atoms with Gasteiger partial charge in [0.1, 0.15) is 0 Å². The standard InChI is InChI=1S/C17H23BrN4O.ClH/c1-4-17(5-2,11-19)21-16(23)15-10-20-22(12(15)3)14-8-6-7-13(18)9-14;/h6-10H,4-5,11,19H2,1-3H3,(H,21,23);1H. The maximum Gasteiger partial charge on any atom is 0.255 e. The number of carbonyl (C=O) groups is 1. The van der Waals surface area contributed by atoms with Crippen LogP contribution in [0.2, 0.25) is 0 Å². The molecule has 1 heterocycles. The highest BCUT2D eigenvalue weighted by atomic mass is 79.9. The average Bonchev–Trinajstić information content (AvgIpc) is 2.94. The number of nitrogens with zero attached hydrogens (tertiary/aromatic N) is 2. The normalized spacial score (nSPS) is 11.0. The molecule has 1 aromatic carbocycles. The Morgan fingerprint density at radius 1 is 1.38 bits per heavy atom. The summed E-state index contributed by atoms with van der Waals surface area (Å²) < 4.78 is 2.73. The maximum atomic E-state index is 12.6. The Hall–Kier alpha value is -1.37. The predicted octanol–water partition coefficient (Wildman–Crippen LogP) is 3.61. The molecule has 0 aliphatic carbocycles. The van der Waals surface area contributed by atoms with Gasteiger partial charge in [-0.25, -0.2) is 4.68 Å². The molecule has 1 aromatic heterocycles. The first-order valence-electron chi connectivity index (χ1n) is 7.79. The van der Waals surface area contributed by atoms with E-state index >= 15 is 0 Å². The number of benzene rings is 1. The van der Waals surface area contributed by atoms with E-state index in [1.54, 1.807) is 10.9 Å². The lowest BCUT2D eigenvalue weighted by atomic mass is 9.92. The van der Waals surface area contributed by atoms with Gasteiger partial charge in [0.15, 0.2) is 0 Å². The second kappa shape index (κ2) is 8.65. The van der Waals surface area contributed by atoms with E-state index in [9.17, 15) is 4.79 Å². The van der Waals surface area contributed by atoms with Crippen LogP contribution in [0.15, 0.2) is 34.9 Å². The fourth-order valence-electron chi connectivity index (χ4n) is 2.58. The highest BCUT2D eigenvalue weighted by Gasteiger charge is 2.28. The van der Waals surface area contributed by atoms with E-state index in [4.69, 9.17) is 5.73 Å². The summed E-state index contributed by atoms with van der Waals surface area (Å²) in [7, 11) is 0. The molecule has 0 fully saturated rings. The Bertz CT molecular complexity index is 689. The molecule has 1 amide bonds. The van der Waals surface area contributed by atoms with Gasteiger partial charge in [-0.2, -0.15) is 5.10 Å². The Morgan fingerprint density at radius 3 is 2.58 bits per heavy atom. The van der Waals surface area contributed by atoms with Gasteiger partial charge in [0, 0.05) is 11.0 Å². The van der Waals surface area contributed by atoms with E-state index in [0.717, 1.165) is 28.7 Å². The molecule has 2 aromatic rings. The van der Waals surface area contributed by atoms with Crippen molar-refractivity contribution in [2.75, 3.05) is 6.54 Å². The first kappa shape index (κ1) is 20.7. The van der Waals surface area contributed by atoms with Crippen LogP contribution in [-0.4, -0.2) is 27.8 Å². The van der Waals surface area contributed by atoms with Crippen molar-refractivity contribution < 1.29 is 4.79 Å². The minimum atomic E-state index is -0.360. The van der Waals surface area contributed by atoms with Crippen molar-refractivity contribution >= 4 is 34.2 Å². The summed E-state index contributed by atoms with van der Waals surface area (Å²) in [5.41, 5.74) is 7.79. The van der Waals surface area contributed by atoms with Crippen LogP contribution in [0, 0.1) is 6.92 Å². The third kappa shape index (κ3) is 4.18. The van der Waals surface area contributed by atoms with Gasteiger partial charge < -0.3 is 11.1 Å². The quantitative estimate of drug-likeness (QED) is 0.757. The van der Waals surface area contributed by atoms with Gasteiger partial charge in [-0.3, -0.25) is 4.79 Å². The zero-order valence-electron chi connectivity index (χ0n) is 14.2. The van der Waals surface area contributed by atoms with E-state index in [2.05, 4.69) is 26.3 Å². The van der Waals surface area contributed by atoms with Crippen LogP contribution >= 0.6 is 28.3 Å². The van der Waals surface area contributed by atoms with Crippen LogP contribution in [0.3, 0.4) is 0 Å². The van der Waals surface area contributed by atoms with E-state index in [1.165, 1.54) is 0 Å². The Kier molecular flexibility index (Phi) is 7.45. The fraction of sp³-hybridized carbons (Fsp3) is 0.412. The van der Waals surface area contributed by atoms with E-state index in [0.29, 0.717) is 12.1 Å². The number of nitrogens with one attached hydrogen (secondary N) is 1. The highest BCUT2D eigenvalue weighted by molar-refractivity contribution is 9.10. The molecule has 2 rings (SSSR count). The average molecular weight is 416 g/mol. The number of rotatable bonds is 6. The Morgan fingerprint density at radius 2 is 2.04 bits per heavy atom. The van der Waals surface area contributed by atoms with Crippen LogP contribution in [0.25, 0.3) is 5.69 Å². The molecule has 3 N–H and O–H groups in total. The summed E-state index contributed by atoms with van der Waals surface area (Å²) >= 11 is 3.45. The second-order valence-electron chi connectivity index (χ2n) is 5.68. The molecular formula is C17H24BrClN4O. The smallest absolute Gasteiger partial charge is 0.255 e. The minimum absolute atomic E-state index is 0. The Balaban J connectivity index is 0.00000288. The summed E-state index contributed by atoms with van der Waals surface area (Å²) in [5.74, 6) is -0.127. The third-order valence-electron chi connectivity index (χ3n) is 4.43. The van der Waals surface area contributed by atoms with Crippen LogP contribution in [0.1, 0.15) is 42.7 Å². The number of hydrogen-bond acceptors (Lipinski definition) is 3. The van der Waals surface area contributed by atoms with Gasteiger partial charge in [-0.15, -0.1) is 12.4 Å². The molecule has 0 atom stereocenters. The summed E-state index contributed by atoms with van der Waals surface area (Å²) in [6.45, 7) is 6.39. The number of nitrogens with two attached hydrogens (primary N) is 1. The highest BCUT2D eigenvalue weighted by Crippen LogP contribution is 2.20. The van der Waals surface area contributed by atoms with Gasteiger partial charge in [0.2, 0.25) is 0 Å². The van der Waals surface area contributed by atoms with E-state index < -0.39 is 0 Å². The van der Waals surface area contributed by atoms with Crippen LogP contribution in [-0.2, 0) is 0 Å². The zero-order valence-corrected chi connectivity index (χ0v) is 16.6. The van der Waals surface area contributed by atoms with E-state index in [1.807, 2.05) is 45.0 Å². The third-order valence-corrected chi connectivity index (χ3v) is 4.92. The van der Waals surface area contributed by atoms with Crippen LogP contribution in [0.5, 0.6) is 0 Å². The van der Waals surface area contributed by atoms with Crippen LogP contribution in [0.4, 0.5) is 0 Å². The number of amides is 1. The Labute approximate surface area is 157 Å². The monoisotopic (exact) mass is 414 g/mol. The van der Waals surface area contributed by atoms with Crippen molar-refractivity contribution in [3.63, 3.8) is 0 Å². The maximum absolute atomic E-state index is 12.6. The summed E-state index contributed by atoms with van der Waals surface area (Å²) in [4.78, 5) is 12.6. The van der Waals surface area contributed by atoms with Crippen molar-refractivity contribution in [1.82, 2.24) is 15.1 Å². The first-order chi connectivity index (χ1) is 11.0. The van der Waals surface area contributed by atoms with Gasteiger partial charge >= 0.3 is 0 Å². The number of aromatic nitrogens is 2. The second-order valence-corrected chi connectivity index (χ2v) is 6.60. The summed E-state index contributed by atoms with van der Waals surface area (Å²) in [6, 6.07) is 7.81. The molecular weight excluding hydrogens is 392 g/mol. The molecule has 0 radical (unpaired) electrons. The van der Waals surface area contributed by atoms with Crippen molar-refractivity contribution in [3.8, 4) is 5.69 Å². The van der Waals surface area contributed by atoms with Gasteiger partial charge in [-0.05, 0) is 38.0 Å². The summed E-state index contributed by atoms with van der Waals surface area (Å²) in [5, 5.41) is 7.45. The van der Waals surface area contributed by atoms with Gasteiger partial charge in [0.05, 0.1) is 28.7 Å². The molecule has 0 aliphatic heterocycles. The van der Waals surface area contributed by atoms with Crippen molar-refractivity contribution in [2.45, 2.75) is 39.2 Å². The SMILES string of the molecule is CCC(CC)(CN)NC(=O)c1cnn(-c2cccc(Br)c2)c1C.Cl. The minimum Gasteiger partial charge on any atom is -0.345 e. The molecule has 132 valence electrons. The molecule has 0 saturated carbocycles. The van der Waals surface area contributed by atoms with Crippen molar-refractivity contribution in [3.05, 3.63) is 46.2 Å². The molecule has 0 unspecified atom stereocenters. The lowest BCUT2D eigenvalue weighted by molar-refractivity contribution is 0.0894. The predicted molar refractivity (Wildman–Crippen MR) is 103 cm³/mol. The van der Waals surface area contributed by atoms with Crippen molar-refractivity contribution in [2.24, 2.45) is 5.73 Å². The molecule has 0 bridgehead atoms. The van der Waals surface area contributed by atoms with Gasteiger partial charge in [0.25, 0.3) is 5.91 Å². The fourth-order valence-corrected chi connectivity index (χ4v) is 2.96. The van der Waals surface area contributed by atoms with E-state index in [-0.39, 0.29) is 23.9 Å². The van der Waals surface area contributed by atoms with Crippen molar-refractivity contribution in [1.29, 1.82) is 0 Å². The largest absolute Gasteiger partial charge is 0.345 e. The van der Waals surface area contributed by atoms with Gasteiger partial charge in [-0.1, -0.05) is 35.8 Å². The number of hydrogen-bond donors (Lipinski definition) is 2. The molecule has 0 aliphatic rings. The number of halogens is 2. The van der Waals surface area contributed by atoms with Crippen LogP contribution < -0.4 is 11.1 Å².